The Bertz CT molecular complexity index is 612. The monoisotopic (exact) mass is 465 g/mol. The number of hydrazine groups is 1. The second kappa shape index (κ2) is 9.61. The normalized spacial score (nSPS) is 43.5. The summed E-state index contributed by atoms with van der Waals surface area (Å²) in [6.45, 7) is 10.8. The first-order valence-electron chi connectivity index (χ1n) is 13.5. The topological polar surface area (TPSA) is 43.5 Å². The van der Waals surface area contributed by atoms with Gasteiger partial charge in [-0.2, -0.15) is 0 Å². The van der Waals surface area contributed by atoms with Crippen LogP contribution in [0.1, 0.15) is 57.8 Å². The Morgan fingerprint density at radius 1 is 0.750 bits per heavy atom. The van der Waals surface area contributed by atoms with E-state index in [1.54, 1.807) is 0 Å². The van der Waals surface area contributed by atoms with Gasteiger partial charge in [0.25, 0.3) is 0 Å². The Kier molecular flexibility index (Phi) is 6.77. The maximum Gasteiger partial charge on any atom is 0.183 e. The van der Waals surface area contributed by atoms with Crippen LogP contribution in [-0.2, 0) is 9.47 Å². The molecule has 6 rings (SSSR count). The number of hydrogen-bond acceptors (Lipinski definition) is 8. The Morgan fingerprint density at radius 2 is 1.53 bits per heavy atom. The van der Waals surface area contributed by atoms with Gasteiger partial charge in [0.2, 0.25) is 0 Å². The van der Waals surface area contributed by atoms with Crippen molar-refractivity contribution in [2.45, 2.75) is 80.7 Å². The quantitative estimate of drug-likeness (QED) is 0.663. The fourth-order valence-corrected chi connectivity index (χ4v) is 8.78. The molecule has 4 unspecified atom stereocenters. The number of likely N-dealkylation sites (tertiary alicyclic amines) is 2. The van der Waals surface area contributed by atoms with Crippen LogP contribution in [0.2, 0.25) is 0 Å². The molecule has 0 spiro atoms. The number of rotatable bonds is 5. The molecule has 8 heteroatoms. The first kappa shape index (κ1) is 22.5. The first-order valence-corrected chi connectivity index (χ1v) is 14.6. The molecule has 0 aromatic carbocycles. The third-order valence-corrected chi connectivity index (χ3v) is 10.1. The zero-order valence-corrected chi connectivity index (χ0v) is 20.6. The molecule has 0 radical (unpaired) electrons. The van der Waals surface area contributed by atoms with Crippen LogP contribution < -0.4 is 5.32 Å². The number of thioether (sulfide) groups is 1. The van der Waals surface area contributed by atoms with Gasteiger partial charge in [0.15, 0.2) is 11.4 Å². The molecule has 1 N–H and O–H groups in total. The zero-order chi connectivity index (χ0) is 21.4. The lowest BCUT2D eigenvalue weighted by atomic mass is 9.79. The fourth-order valence-electron chi connectivity index (χ4n) is 7.40. The van der Waals surface area contributed by atoms with Crippen LogP contribution in [0.5, 0.6) is 0 Å². The Balaban J connectivity index is 1.52. The van der Waals surface area contributed by atoms with Crippen LogP contribution in [0, 0.1) is 0 Å². The predicted octanol–water partition coefficient (Wildman–Crippen LogP) is 2.15. The lowest BCUT2D eigenvalue weighted by Crippen LogP contribution is -2.90. The van der Waals surface area contributed by atoms with Crippen LogP contribution in [0.3, 0.4) is 0 Å². The summed E-state index contributed by atoms with van der Waals surface area (Å²) < 4.78 is 13.9. The molecule has 6 aliphatic rings. The smallest absolute Gasteiger partial charge is 0.183 e. The number of nitrogens with one attached hydrogen (secondary N) is 1. The lowest BCUT2D eigenvalue weighted by Gasteiger charge is -2.70. The molecule has 32 heavy (non-hydrogen) atoms. The lowest BCUT2D eigenvalue weighted by molar-refractivity contribution is -0.388. The van der Waals surface area contributed by atoms with E-state index in [0.29, 0.717) is 5.37 Å². The van der Waals surface area contributed by atoms with Crippen molar-refractivity contribution in [1.82, 2.24) is 25.1 Å². The summed E-state index contributed by atoms with van der Waals surface area (Å²) in [5, 5.41) is 9.92. The van der Waals surface area contributed by atoms with Crippen LogP contribution in [0.4, 0.5) is 0 Å². The highest BCUT2D eigenvalue weighted by atomic mass is 32.2. The number of hydrogen-bond donors (Lipinski definition) is 1. The molecule has 0 saturated carbocycles. The van der Waals surface area contributed by atoms with Crippen molar-refractivity contribution in [3.63, 3.8) is 0 Å². The molecule has 4 atom stereocenters. The van der Waals surface area contributed by atoms with Crippen LogP contribution >= 0.6 is 11.8 Å². The standard InChI is InChI=1S/C24H43N5O2S/c1-3-15-28(16-4-1)29-17-19-31-24(27-13-8-14-27,21-9-2-7-18-30-21)23(29,22-25-10-20-32-22)26-11-5-6-12-26/h21-22,25H,1-20H2. The van der Waals surface area contributed by atoms with Gasteiger partial charge in [-0.15, -0.1) is 11.8 Å². The largest absolute Gasteiger partial charge is 0.374 e. The predicted molar refractivity (Wildman–Crippen MR) is 128 cm³/mol. The van der Waals surface area contributed by atoms with Gasteiger partial charge in [-0.05, 0) is 51.4 Å². The molecule has 0 amide bonds. The SMILES string of the molecule is C1CCN(N2CCOC(C3CCCCO3)(N3CCC3)C2(C2NCCS2)N2CCCC2)CC1. The van der Waals surface area contributed by atoms with Crippen molar-refractivity contribution < 1.29 is 9.47 Å². The van der Waals surface area contributed by atoms with Crippen LogP contribution in [-0.4, -0.2) is 114 Å². The maximum atomic E-state index is 7.21. The van der Waals surface area contributed by atoms with E-state index in [2.05, 4.69) is 36.9 Å². The summed E-state index contributed by atoms with van der Waals surface area (Å²) in [5.41, 5.74) is -0.622. The summed E-state index contributed by atoms with van der Waals surface area (Å²) in [6.07, 6.45) is 11.6. The third-order valence-electron chi connectivity index (χ3n) is 8.83. The van der Waals surface area contributed by atoms with E-state index < -0.39 is 5.72 Å². The molecule has 6 aliphatic heterocycles. The molecule has 6 fully saturated rings. The minimum absolute atomic E-state index is 0.146. The summed E-state index contributed by atoms with van der Waals surface area (Å²) in [7, 11) is 0. The van der Waals surface area contributed by atoms with Crippen molar-refractivity contribution in [1.29, 1.82) is 0 Å². The van der Waals surface area contributed by atoms with Crippen molar-refractivity contribution >= 4 is 11.8 Å². The minimum atomic E-state index is -0.402. The van der Waals surface area contributed by atoms with E-state index in [0.717, 1.165) is 45.8 Å². The third kappa shape index (κ3) is 3.43. The van der Waals surface area contributed by atoms with Gasteiger partial charge in [0, 0.05) is 64.7 Å². The van der Waals surface area contributed by atoms with Gasteiger partial charge in [-0.1, -0.05) is 6.42 Å². The molecular weight excluding hydrogens is 422 g/mol. The van der Waals surface area contributed by atoms with Gasteiger partial charge in [0.1, 0.15) is 6.10 Å². The van der Waals surface area contributed by atoms with E-state index in [1.807, 2.05) is 0 Å². The number of nitrogens with zero attached hydrogens (tertiary/aromatic N) is 4. The van der Waals surface area contributed by atoms with E-state index in [-0.39, 0.29) is 11.8 Å². The molecule has 182 valence electrons. The summed E-state index contributed by atoms with van der Waals surface area (Å²) in [5.74, 6) is 1.19. The van der Waals surface area contributed by atoms with E-state index in [4.69, 9.17) is 9.47 Å². The summed E-state index contributed by atoms with van der Waals surface area (Å²) in [4.78, 5) is 5.56. The van der Waals surface area contributed by atoms with Crippen molar-refractivity contribution in [3.8, 4) is 0 Å². The number of morpholine rings is 1. The highest BCUT2D eigenvalue weighted by Crippen LogP contribution is 2.53. The number of piperidine rings is 1. The molecule has 6 saturated heterocycles. The first-order chi connectivity index (χ1) is 15.9. The highest BCUT2D eigenvalue weighted by Gasteiger charge is 2.73. The second-order valence-corrected chi connectivity index (χ2v) is 11.7. The zero-order valence-electron chi connectivity index (χ0n) is 19.8. The van der Waals surface area contributed by atoms with Crippen molar-refractivity contribution in [2.24, 2.45) is 0 Å². The fraction of sp³-hybridized carbons (Fsp3) is 1.00. The van der Waals surface area contributed by atoms with Gasteiger partial charge >= 0.3 is 0 Å². The van der Waals surface area contributed by atoms with Gasteiger partial charge < -0.3 is 14.8 Å². The van der Waals surface area contributed by atoms with Gasteiger partial charge in [0.05, 0.1) is 12.0 Å². The molecule has 0 aromatic heterocycles. The van der Waals surface area contributed by atoms with Crippen LogP contribution in [0.15, 0.2) is 0 Å². The average molecular weight is 466 g/mol. The van der Waals surface area contributed by atoms with Crippen molar-refractivity contribution in [2.75, 3.05) is 71.3 Å². The molecule has 0 aromatic rings. The molecule has 6 heterocycles. The van der Waals surface area contributed by atoms with Crippen molar-refractivity contribution in [3.05, 3.63) is 0 Å². The van der Waals surface area contributed by atoms with E-state index in [1.165, 1.54) is 83.3 Å². The Labute approximate surface area is 198 Å². The summed E-state index contributed by atoms with van der Waals surface area (Å²) >= 11 is 2.14. The van der Waals surface area contributed by atoms with Gasteiger partial charge in [-0.25, -0.2) is 10.0 Å². The molecule has 0 bridgehead atoms. The Hall–Kier alpha value is 0.0700. The molecule has 0 aliphatic carbocycles. The van der Waals surface area contributed by atoms with E-state index in [9.17, 15) is 0 Å². The minimum Gasteiger partial charge on any atom is -0.374 e. The number of ether oxygens (including phenoxy) is 2. The highest BCUT2D eigenvalue weighted by molar-refractivity contribution is 8.00. The maximum absolute atomic E-state index is 7.21. The van der Waals surface area contributed by atoms with Crippen LogP contribution in [0.25, 0.3) is 0 Å². The van der Waals surface area contributed by atoms with Gasteiger partial charge in [-0.3, -0.25) is 9.80 Å². The Morgan fingerprint density at radius 3 is 2.19 bits per heavy atom. The molecular formula is C24H43N5O2S. The molecule has 7 nitrogen and oxygen atoms in total. The average Bonchev–Trinajstić information content (AvgIpc) is 3.54. The summed E-state index contributed by atoms with van der Waals surface area (Å²) in [6, 6.07) is 0. The van der Waals surface area contributed by atoms with E-state index >= 15 is 0 Å². The second-order valence-electron chi connectivity index (χ2n) is 10.5.